The van der Waals surface area contributed by atoms with Crippen LogP contribution >= 0.6 is 23.1 Å². The van der Waals surface area contributed by atoms with Crippen LogP contribution in [0.4, 0.5) is 0 Å². The van der Waals surface area contributed by atoms with E-state index < -0.39 is 0 Å². The van der Waals surface area contributed by atoms with Gasteiger partial charge in [0.2, 0.25) is 0 Å². The predicted molar refractivity (Wildman–Crippen MR) is 131 cm³/mol. The third-order valence-corrected chi connectivity index (χ3v) is 7.47. The van der Waals surface area contributed by atoms with Crippen molar-refractivity contribution in [3.8, 4) is 5.69 Å². The summed E-state index contributed by atoms with van der Waals surface area (Å²) in [6, 6.07) is 17.4. The number of furan rings is 1. The summed E-state index contributed by atoms with van der Waals surface area (Å²) in [5, 5.41) is 14.2. The third kappa shape index (κ3) is 3.80. The first-order valence-electron chi connectivity index (χ1n) is 10.6. The standard InChI is InChI=1S/C24H18N6O2S2/c31-22(30-19(21-9-5-11-33-21)12-18(28-30)20-8-4-10-32-20)14-34-24-17-13-27-29(23(17)25-15-26-24)16-6-2-1-3-7-16/h1-11,13,15,19H,12,14H2. The number of hydrogen-bond donors (Lipinski definition) is 0. The third-order valence-electron chi connectivity index (χ3n) is 5.51. The molecular formula is C24H18N6O2S2. The fraction of sp³-hybridized carbons (Fsp3) is 0.125. The van der Waals surface area contributed by atoms with E-state index in [0.717, 1.165) is 21.7 Å². The lowest BCUT2D eigenvalue weighted by Gasteiger charge is -2.20. The molecule has 0 radical (unpaired) electrons. The molecule has 1 aliphatic heterocycles. The number of thioether (sulfide) groups is 1. The number of benzene rings is 1. The number of carbonyl (C=O) groups excluding carboxylic acids is 1. The van der Waals surface area contributed by atoms with Crippen molar-refractivity contribution in [2.45, 2.75) is 17.5 Å². The molecule has 5 heterocycles. The Hall–Kier alpha value is -3.76. The Morgan fingerprint density at radius 1 is 1.12 bits per heavy atom. The van der Waals surface area contributed by atoms with Gasteiger partial charge in [-0.1, -0.05) is 36.0 Å². The fourth-order valence-electron chi connectivity index (χ4n) is 3.93. The normalized spacial score (nSPS) is 15.7. The zero-order chi connectivity index (χ0) is 22.9. The van der Waals surface area contributed by atoms with E-state index in [-0.39, 0.29) is 17.7 Å². The SMILES string of the molecule is O=C(CSc1ncnc2c1cnn2-c1ccccc1)N1N=C(c2ccco2)CC1c1cccs1. The quantitative estimate of drug-likeness (QED) is 0.249. The predicted octanol–water partition coefficient (Wildman–Crippen LogP) is 4.94. The summed E-state index contributed by atoms with van der Waals surface area (Å²) in [6.45, 7) is 0. The van der Waals surface area contributed by atoms with Gasteiger partial charge in [-0.05, 0) is 35.7 Å². The molecule has 6 rings (SSSR count). The summed E-state index contributed by atoms with van der Waals surface area (Å²) in [4.78, 5) is 23.2. The van der Waals surface area contributed by atoms with Crippen LogP contribution in [0.15, 0.2) is 93.3 Å². The molecule has 1 atom stereocenters. The summed E-state index contributed by atoms with van der Waals surface area (Å²) < 4.78 is 7.30. The average Bonchev–Trinajstić information content (AvgIpc) is 3.68. The van der Waals surface area contributed by atoms with Crippen molar-refractivity contribution < 1.29 is 9.21 Å². The molecule has 0 fully saturated rings. The maximum absolute atomic E-state index is 13.3. The molecule has 1 amide bonds. The monoisotopic (exact) mass is 486 g/mol. The lowest BCUT2D eigenvalue weighted by Crippen LogP contribution is -2.28. The van der Waals surface area contributed by atoms with Crippen LogP contribution in [-0.4, -0.2) is 42.1 Å². The smallest absolute Gasteiger partial charge is 0.253 e. The van der Waals surface area contributed by atoms with Gasteiger partial charge in [-0.15, -0.1) is 11.3 Å². The second kappa shape index (κ2) is 8.88. The van der Waals surface area contributed by atoms with Crippen molar-refractivity contribution in [2.75, 3.05) is 5.75 Å². The minimum Gasteiger partial charge on any atom is -0.463 e. The number of carbonyl (C=O) groups is 1. The Labute approximate surface area is 202 Å². The highest BCUT2D eigenvalue weighted by atomic mass is 32.2. The summed E-state index contributed by atoms with van der Waals surface area (Å²) in [5.41, 5.74) is 2.39. The number of hydrazone groups is 1. The van der Waals surface area contributed by atoms with E-state index in [1.165, 1.54) is 18.1 Å². The Balaban J connectivity index is 1.25. The van der Waals surface area contributed by atoms with Crippen LogP contribution in [0.5, 0.6) is 0 Å². The van der Waals surface area contributed by atoms with Gasteiger partial charge in [0.15, 0.2) is 5.65 Å². The molecule has 34 heavy (non-hydrogen) atoms. The van der Waals surface area contributed by atoms with Gasteiger partial charge in [-0.3, -0.25) is 4.79 Å². The molecule has 5 aromatic rings. The molecule has 10 heteroatoms. The van der Waals surface area contributed by atoms with Crippen LogP contribution in [0.2, 0.25) is 0 Å². The van der Waals surface area contributed by atoms with Crippen LogP contribution in [-0.2, 0) is 4.79 Å². The molecule has 4 aromatic heterocycles. The number of aromatic nitrogens is 4. The first-order chi connectivity index (χ1) is 16.8. The van der Waals surface area contributed by atoms with Crippen molar-refractivity contribution in [2.24, 2.45) is 5.10 Å². The van der Waals surface area contributed by atoms with Gasteiger partial charge in [0.05, 0.1) is 35.3 Å². The van der Waals surface area contributed by atoms with Crippen molar-refractivity contribution in [3.63, 3.8) is 0 Å². The van der Waals surface area contributed by atoms with E-state index in [2.05, 4.69) is 20.2 Å². The van der Waals surface area contributed by atoms with Crippen LogP contribution in [0.1, 0.15) is 23.1 Å². The Morgan fingerprint density at radius 3 is 2.82 bits per heavy atom. The van der Waals surface area contributed by atoms with Gasteiger partial charge in [0, 0.05) is 11.3 Å². The maximum atomic E-state index is 13.3. The van der Waals surface area contributed by atoms with Gasteiger partial charge < -0.3 is 4.42 Å². The minimum absolute atomic E-state index is 0.0906. The molecule has 8 nitrogen and oxygen atoms in total. The highest BCUT2D eigenvalue weighted by Gasteiger charge is 2.34. The molecule has 1 aliphatic rings. The van der Waals surface area contributed by atoms with E-state index in [9.17, 15) is 4.79 Å². The molecule has 0 bridgehead atoms. The van der Waals surface area contributed by atoms with Crippen LogP contribution < -0.4 is 0 Å². The fourth-order valence-corrected chi connectivity index (χ4v) is 5.55. The summed E-state index contributed by atoms with van der Waals surface area (Å²) in [5.74, 6) is 0.793. The lowest BCUT2D eigenvalue weighted by molar-refractivity contribution is -0.130. The first kappa shape index (κ1) is 20.8. The molecule has 1 unspecified atom stereocenters. The first-order valence-corrected chi connectivity index (χ1v) is 12.5. The molecule has 168 valence electrons. The second-order valence-corrected chi connectivity index (χ2v) is 9.54. The largest absolute Gasteiger partial charge is 0.463 e. The maximum Gasteiger partial charge on any atom is 0.253 e. The molecular weight excluding hydrogens is 468 g/mol. The second-order valence-electron chi connectivity index (χ2n) is 7.59. The molecule has 1 aromatic carbocycles. The summed E-state index contributed by atoms with van der Waals surface area (Å²) >= 11 is 2.99. The van der Waals surface area contributed by atoms with E-state index in [4.69, 9.17) is 4.42 Å². The summed E-state index contributed by atoms with van der Waals surface area (Å²) in [6.07, 6.45) is 5.49. The Kier molecular flexibility index (Phi) is 5.44. The van der Waals surface area contributed by atoms with E-state index >= 15 is 0 Å². The number of nitrogens with zero attached hydrogens (tertiary/aromatic N) is 6. The lowest BCUT2D eigenvalue weighted by atomic mass is 10.1. The van der Waals surface area contributed by atoms with Crippen LogP contribution in [0, 0.1) is 0 Å². The summed E-state index contributed by atoms with van der Waals surface area (Å²) in [7, 11) is 0. The number of amides is 1. The van der Waals surface area contributed by atoms with Gasteiger partial charge >= 0.3 is 0 Å². The molecule has 0 saturated heterocycles. The van der Waals surface area contributed by atoms with Gasteiger partial charge in [-0.2, -0.15) is 10.2 Å². The van der Waals surface area contributed by atoms with E-state index in [0.29, 0.717) is 22.9 Å². The minimum atomic E-state index is -0.139. The van der Waals surface area contributed by atoms with E-state index in [1.807, 2.05) is 60.0 Å². The molecule has 0 aliphatic carbocycles. The van der Waals surface area contributed by atoms with Crippen molar-refractivity contribution in [1.29, 1.82) is 0 Å². The average molecular weight is 487 g/mol. The van der Waals surface area contributed by atoms with Crippen molar-refractivity contribution in [3.05, 3.63) is 89.4 Å². The Morgan fingerprint density at radius 2 is 2.03 bits per heavy atom. The van der Waals surface area contributed by atoms with Gasteiger partial charge in [0.25, 0.3) is 5.91 Å². The number of thiophene rings is 1. The zero-order valence-electron chi connectivity index (χ0n) is 17.8. The zero-order valence-corrected chi connectivity index (χ0v) is 19.4. The highest BCUT2D eigenvalue weighted by molar-refractivity contribution is 8.00. The van der Waals surface area contributed by atoms with Crippen LogP contribution in [0.25, 0.3) is 16.7 Å². The van der Waals surface area contributed by atoms with Gasteiger partial charge in [-0.25, -0.2) is 19.7 Å². The molecule has 0 N–H and O–H groups in total. The highest BCUT2D eigenvalue weighted by Crippen LogP contribution is 2.36. The molecule has 0 saturated carbocycles. The number of hydrogen-bond acceptors (Lipinski definition) is 8. The molecule has 0 spiro atoms. The van der Waals surface area contributed by atoms with Crippen LogP contribution in [0.3, 0.4) is 0 Å². The van der Waals surface area contributed by atoms with E-state index in [1.54, 1.807) is 33.5 Å². The number of para-hydroxylation sites is 1. The van der Waals surface area contributed by atoms with Gasteiger partial charge in [0.1, 0.15) is 22.8 Å². The number of fused-ring (bicyclic) bond motifs is 1. The topological polar surface area (TPSA) is 89.4 Å². The Bertz CT molecular complexity index is 1460. The van der Waals surface area contributed by atoms with Crippen molar-refractivity contribution >= 4 is 45.8 Å². The van der Waals surface area contributed by atoms with Crippen molar-refractivity contribution in [1.82, 2.24) is 24.8 Å². The number of rotatable bonds is 6.